The SMILES string of the molecule is CC(C)CCn1c(SCC(=O)Nc2ccc3c(c2)OCO3)nc2c(sc3ncccc32)c1=O. The number of carbonyl (C=O) groups is 1. The largest absolute Gasteiger partial charge is 0.454 e. The Bertz CT molecular complexity index is 1410. The van der Waals surface area contributed by atoms with E-state index in [4.69, 9.17) is 14.5 Å². The molecule has 0 radical (unpaired) electrons. The third-order valence-corrected chi connectivity index (χ3v) is 7.30. The van der Waals surface area contributed by atoms with Gasteiger partial charge < -0.3 is 14.8 Å². The van der Waals surface area contributed by atoms with Crippen molar-refractivity contribution in [1.29, 1.82) is 0 Å². The molecule has 0 atom stereocenters. The van der Waals surface area contributed by atoms with Gasteiger partial charge in [0.1, 0.15) is 9.53 Å². The van der Waals surface area contributed by atoms with Gasteiger partial charge in [0.15, 0.2) is 16.7 Å². The average Bonchev–Trinajstić information content (AvgIpc) is 3.41. The Balaban J connectivity index is 1.41. The van der Waals surface area contributed by atoms with Gasteiger partial charge in [-0.25, -0.2) is 9.97 Å². The van der Waals surface area contributed by atoms with Gasteiger partial charge in [-0.15, -0.1) is 11.3 Å². The smallest absolute Gasteiger partial charge is 0.272 e. The van der Waals surface area contributed by atoms with E-state index in [9.17, 15) is 9.59 Å². The summed E-state index contributed by atoms with van der Waals surface area (Å²) in [5.41, 5.74) is 1.19. The maximum absolute atomic E-state index is 13.3. The van der Waals surface area contributed by atoms with E-state index < -0.39 is 0 Å². The topological polar surface area (TPSA) is 95.3 Å². The standard InChI is InChI=1S/C23H22N4O4S2/c1-13(2)7-9-27-22(29)20-19(15-4-3-8-24-21(15)33-20)26-23(27)32-11-18(28)25-14-5-6-16-17(10-14)31-12-30-16/h3-6,8,10,13H,7,9,11-12H2,1-2H3,(H,25,28). The zero-order valence-corrected chi connectivity index (χ0v) is 19.8. The Hall–Kier alpha value is -3.11. The quantitative estimate of drug-likeness (QED) is 0.306. The molecule has 0 saturated heterocycles. The molecule has 0 unspecified atom stereocenters. The van der Waals surface area contributed by atoms with Crippen LogP contribution in [0.4, 0.5) is 5.69 Å². The first-order chi connectivity index (χ1) is 16.0. The van der Waals surface area contributed by atoms with E-state index in [-0.39, 0.29) is 24.0 Å². The van der Waals surface area contributed by atoms with Crippen LogP contribution in [-0.2, 0) is 11.3 Å². The van der Waals surface area contributed by atoms with Gasteiger partial charge in [-0.1, -0.05) is 25.6 Å². The first-order valence-corrected chi connectivity index (χ1v) is 12.4. The van der Waals surface area contributed by atoms with Gasteiger partial charge in [0.25, 0.3) is 5.56 Å². The number of nitrogens with zero attached hydrogens (tertiary/aromatic N) is 3. The van der Waals surface area contributed by atoms with Crippen molar-refractivity contribution in [2.45, 2.75) is 32.0 Å². The molecule has 170 valence electrons. The van der Waals surface area contributed by atoms with Crippen LogP contribution >= 0.6 is 23.1 Å². The fraction of sp³-hybridized carbons (Fsp3) is 0.304. The van der Waals surface area contributed by atoms with Crippen LogP contribution < -0.4 is 20.3 Å². The van der Waals surface area contributed by atoms with Gasteiger partial charge in [-0.05, 0) is 36.6 Å². The number of thioether (sulfide) groups is 1. The number of benzene rings is 1. The van der Waals surface area contributed by atoms with E-state index in [1.165, 1.54) is 23.1 Å². The molecule has 0 spiro atoms. The normalized spacial score (nSPS) is 12.7. The Morgan fingerprint density at radius 3 is 2.97 bits per heavy atom. The van der Waals surface area contributed by atoms with E-state index >= 15 is 0 Å². The molecule has 1 aromatic carbocycles. The van der Waals surface area contributed by atoms with Gasteiger partial charge in [0.2, 0.25) is 12.7 Å². The molecule has 8 nitrogen and oxygen atoms in total. The van der Waals surface area contributed by atoms with Crippen LogP contribution in [0.25, 0.3) is 20.4 Å². The van der Waals surface area contributed by atoms with Crippen LogP contribution in [0.2, 0.25) is 0 Å². The van der Waals surface area contributed by atoms with Crippen LogP contribution in [0, 0.1) is 5.92 Å². The number of anilines is 1. The molecule has 10 heteroatoms. The van der Waals surface area contributed by atoms with Crippen LogP contribution in [0.5, 0.6) is 11.5 Å². The summed E-state index contributed by atoms with van der Waals surface area (Å²) >= 11 is 2.62. The summed E-state index contributed by atoms with van der Waals surface area (Å²) in [6.07, 6.45) is 2.55. The third kappa shape index (κ3) is 4.40. The summed E-state index contributed by atoms with van der Waals surface area (Å²) in [5, 5.41) is 4.27. The molecule has 4 heterocycles. The second kappa shape index (κ2) is 9.03. The van der Waals surface area contributed by atoms with E-state index in [1.807, 2.05) is 12.1 Å². The van der Waals surface area contributed by atoms with E-state index in [1.54, 1.807) is 29.0 Å². The lowest BCUT2D eigenvalue weighted by molar-refractivity contribution is -0.113. The number of fused-ring (bicyclic) bond motifs is 4. The molecule has 3 aromatic heterocycles. The van der Waals surface area contributed by atoms with E-state index in [0.717, 1.165) is 16.6 Å². The van der Waals surface area contributed by atoms with Gasteiger partial charge in [0, 0.05) is 29.9 Å². The minimum absolute atomic E-state index is 0.0812. The fourth-order valence-electron chi connectivity index (χ4n) is 3.54. The highest BCUT2D eigenvalue weighted by molar-refractivity contribution is 7.99. The van der Waals surface area contributed by atoms with Crippen molar-refractivity contribution in [1.82, 2.24) is 14.5 Å². The average molecular weight is 483 g/mol. The lowest BCUT2D eigenvalue weighted by atomic mass is 10.1. The molecule has 5 rings (SSSR count). The number of carbonyl (C=O) groups excluding carboxylic acids is 1. The predicted octanol–water partition coefficient (Wildman–Crippen LogP) is 4.51. The summed E-state index contributed by atoms with van der Waals surface area (Å²) in [6.45, 7) is 4.96. The minimum Gasteiger partial charge on any atom is -0.454 e. The molecule has 1 aliphatic rings. The van der Waals surface area contributed by atoms with Gasteiger partial charge in [-0.3, -0.25) is 14.2 Å². The maximum Gasteiger partial charge on any atom is 0.272 e. The highest BCUT2D eigenvalue weighted by Gasteiger charge is 2.19. The van der Waals surface area contributed by atoms with Crippen molar-refractivity contribution < 1.29 is 14.3 Å². The maximum atomic E-state index is 13.3. The summed E-state index contributed by atoms with van der Waals surface area (Å²) < 4.78 is 13.0. The van der Waals surface area contributed by atoms with Gasteiger partial charge in [0.05, 0.1) is 11.3 Å². The molecule has 1 aliphatic heterocycles. The van der Waals surface area contributed by atoms with Crippen molar-refractivity contribution in [3.05, 3.63) is 46.9 Å². The summed E-state index contributed by atoms with van der Waals surface area (Å²) in [6, 6.07) is 9.03. The second-order valence-corrected chi connectivity index (χ2v) is 10.0. The van der Waals surface area contributed by atoms with Crippen LogP contribution in [0.3, 0.4) is 0 Å². The Morgan fingerprint density at radius 1 is 1.27 bits per heavy atom. The molecular formula is C23H22N4O4S2. The van der Waals surface area contributed by atoms with E-state index in [2.05, 4.69) is 24.1 Å². The Labute approximate surface area is 197 Å². The summed E-state index contributed by atoms with van der Waals surface area (Å²) in [5.74, 6) is 1.62. The van der Waals surface area contributed by atoms with Crippen molar-refractivity contribution in [2.75, 3.05) is 17.9 Å². The van der Waals surface area contributed by atoms with Crippen LogP contribution in [0.1, 0.15) is 20.3 Å². The van der Waals surface area contributed by atoms with Crippen LogP contribution in [-0.4, -0.2) is 33.0 Å². The first kappa shape index (κ1) is 21.7. The van der Waals surface area contributed by atoms with Crippen molar-refractivity contribution in [3.63, 3.8) is 0 Å². The first-order valence-electron chi connectivity index (χ1n) is 10.6. The molecule has 0 aliphatic carbocycles. The summed E-state index contributed by atoms with van der Waals surface area (Å²) in [4.78, 5) is 36.0. The van der Waals surface area contributed by atoms with E-state index in [0.29, 0.717) is 45.0 Å². The lowest BCUT2D eigenvalue weighted by Crippen LogP contribution is -2.24. The zero-order chi connectivity index (χ0) is 22.9. The molecule has 0 saturated carbocycles. The highest BCUT2D eigenvalue weighted by atomic mass is 32.2. The molecule has 0 fully saturated rings. The number of hydrogen-bond donors (Lipinski definition) is 1. The monoisotopic (exact) mass is 482 g/mol. The van der Waals surface area contributed by atoms with Crippen molar-refractivity contribution in [3.8, 4) is 11.5 Å². The van der Waals surface area contributed by atoms with Gasteiger partial charge >= 0.3 is 0 Å². The molecular weight excluding hydrogens is 460 g/mol. The number of pyridine rings is 1. The summed E-state index contributed by atoms with van der Waals surface area (Å²) in [7, 11) is 0. The minimum atomic E-state index is -0.194. The number of amides is 1. The van der Waals surface area contributed by atoms with Crippen molar-refractivity contribution in [2.24, 2.45) is 5.92 Å². The highest BCUT2D eigenvalue weighted by Crippen LogP contribution is 2.34. The molecule has 33 heavy (non-hydrogen) atoms. The number of nitrogens with one attached hydrogen (secondary N) is 1. The number of ether oxygens (including phenoxy) is 2. The number of hydrogen-bond acceptors (Lipinski definition) is 8. The predicted molar refractivity (Wildman–Crippen MR) is 131 cm³/mol. The second-order valence-electron chi connectivity index (χ2n) is 8.07. The fourth-order valence-corrected chi connectivity index (χ4v) is 5.39. The third-order valence-electron chi connectivity index (χ3n) is 5.24. The van der Waals surface area contributed by atoms with Crippen LogP contribution in [0.15, 0.2) is 46.5 Å². The zero-order valence-electron chi connectivity index (χ0n) is 18.2. The Morgan fingerprint density at radius 2 is 2.12 bits per heavy atom. The number of rotatable bonds is 7. The van der Waals surface area contributed by atoms with Crippen molar-refractivity contribution >= 4 is 55.1 Å². The Kier molecular flexibility index (Phi) is 5.94. The molecule has 0 bridgehead atoms. The molecule has 4 aromatic rings. The number of aromatic nitrogens is 3. The molecule has 1 amide bonds. The number of thiophene rings is 1. The van der Waals surface area contributed by atoms with Gasteiger partial charge in [-0.2, -0.15) is 0 Å². The molecule has 1 N–H and O–H groups in total. The lowest BCUT2D eigenvalue weighted by Gasteiger charge is -2.13.